The lowest BCUT2D eigenvalue weighted by Gasteiger charge is -2.29. The Hall–Kier alpha value is -1.63. The summed E-state index contributed by atoms with van der Waals surface area (Å²) >= 11 is 0. The van der Waals surface area contributed by atoms with Gasteiger partial charge in [-0.25, -0.2) is 0 Å². The number of rotatable bonds is 15. The van der Waals surface area contributed by atoms with Gasteiger partial charge < -0.3 is 0 Å². The molecule has 2 unspecified atom stereocenters. The van der Waals surface area contributed by atoms with Crippen molar-refractivity contribution in [3.05, 3.63) is 53.7 Å². The van der Waals surface area contributed by atoms with E-state index >= 15 is 0 Å². The van der Waals surface area contributed by atoms with E-state index in [0.29, 0.717) is 0 Å². The molecular formula is C32H49N. The van der Waals surface area contributed by atoms with Crippen molar-refractivity contribution in [2.24, 2.45) is 11.8 Å². The van der Waals surface area contributed by atoms with Gasteiger partial charge in [-0.05, 0) is 61.1 Å². The molecule has 0 spiro atoms. The second-order valence-electron chi connectivity index (χ2n) is 10.7. The van der Waals surface area contributed by atoms with E-state index in [1.165, 1.54) is 119 Å². The van der Waals surface area contributed by atoms with Crippen molar-refractivity contribution in [2.45, 2.75) is 123 Å². The fraction of sp³-hybridized carbons (Fsp3) is 0.656. The van der Waals surface area contributed by atoms with Gasteiger partial charge in [-0.2, -0.15) is 0 Å². The predicted octanol–water partition coefficient (Wildman–Crippen LogP) is 9.97. The average Bonchev–Trinajstić information content (AvgIpc) is 2.86. The lowest BCUT2D eigenvalue weighted by molar-refractivity contribution is 0.239. The van der Waals surface area contributed by atoms with Crippen molar-refractivity contribution in [2.75, 3.05) is 0 Å². The molecule has 0 saturated heterocycles. The van der Waals surface area contributed by atoms with Crippen molar-refractivity contribution >= 4 is 0 Å². The number of hydrogen-bond acceptors (Lipinski definition) is 1. The fourth-order valence-electron chi connectivity index (χ4n) is 5.68. The maximum atomic E-state index is 4.73. The molecule has 1 saturated carbocycles. The Morgan fingerprint density at radius 1 is 0.667 bits per heavy atom. The standard InChI is InChI=1S/C32H49N/c1-3-5-7-8-9-11-13-28-15-12-16-29(25-28)18-17-27-19-22-31(23-20-27)32-24-21-30(26-33-32)14-10-6-4-2/h19-24,26,28-29H,3-18,25H2,1-2H3. The van der Waals surface area contributed by atoms with Crippen LogP contribution in [0.5, 0.6) is 0 Å². The Balaban J connectivity index is 1.38. The highest BCUT2D eigenvalue weighted by molar-refractivity contribution is 5.59. The molecule has 1 heterocycles. The van der Waals surface area contributed by atoms with Gasteiger partial charge in [0, 0.05) is 11.8 Å². The van der Waals surface area contributed by atoms with Crippen molar-refractivity contribution in [1.29, 1.82) is 0 Å². The van der Waals surface area contributed by atoms with Gasteiger partial charge in [-0.1, -0.05) is 121 Å². The molecule has 0 radical (unpaired) electrons. The van der Waals surface area contributed by atoms with E-state index in [1.54, 1.807) is 0 Å². The Morgan fingerprint density at radius 2 is 1.33 bits per heavy atom. The zero-order valence-electron chi connectivity index (χ0n) is 21.7. The Morgan fingerprint density at radius 3 is 2.06 bits per heavy atom. The normalized spacial score (nSPS) is 18.5. The van der Waals surface area contributed by atoms with Gasteiger partial charge in [-0.3, -0.25) is 4.98 Å². The highest BCUT2D eigenvalue weighted by atomic mass is 14.7. The monoisotopic (exact) mass is 447 g/mol. The molecule has 2 atom stereocenters. The van der Waals surface area contributed by atoms with Crippen LogP contribution in [0.15, 0.2) is 42.6 Å². The maximum Gasteiger partial charge on any atom is 0.0702 e. The van der Waals surface area contributed by atoms with E-state index in [2.05, 4.69) is 56.4 Å². The van der Waals surface area contributed by atoms with Gasteiger partial charge in [0.2, 0.25) is 0 Å². The number of pyridine rings is 1. The largest absolute Gasteiger partial charge is 0.256 e. The number of unbranched alkanes of at least 4 members (excludes halogenated alkanes) is 7. The summed E-state index contributed by atoms with van der Waals surface area (Å²) in [6, 6.07) is 13.7. The smallest absolute Gasteiger partial charge is 0.0702 e. The zero-order valence-corrected chi connectivity index (χ0v) is 21.7. The Bertz CT molecular complexity index is 745. The minimum Gasteiger partial charge on any atom is -0.256 e. The van der Waals surface area contributed by atoms with Gasteiger partial charge in [0.1, 0.15) is 0 Å². The Labute approximate surface area is 204 Å². The molecule has 0 amide bonds. The van der Waals surface area contributed by atoms with Gasteiger partial charge in [0.15, 0.2) is 0 Å². The van der Waals surface area contributed by atoms with Gasteiger partial charge in [0.25, 0.3) is 0 Å². The molecule has 1 heteroatoms. The van der Waals surface area contributed by atoms with Crippen LogP contribution in [0.4, 0.5) is 0 Å². The van der Waals surface area contributed by atoms with Crippen molar-refractivity contribution in [3.8, 4) is 11.3 Å². The summed E-state index contributed by atoms with van der Waals surface area (Å²) in [7, 11) is 0. The summed E-state index contributed by atoms with van der Waals surface area (Å²) in [5.74, 6) is 1.96. The van der Waals surface area contributed by atoms with Crippen LogP contribution in [0.25, 0.3) is 11.3 Å². The van der Waals surface area contributed by atoms with Crippen LogP contribution in [-0.4, -0.2) is 4.98 Å². The molecule has 0 bridgehead atoms. The SMILES string of the molecule is CCCCCCCCC1CCCC(CCc2ccc(-c3ccc(CCCCC)cn3)cc2)C1. The minimum absolute atomic E-state index is 0.949. The fourth-order valence-corrected chi connectivity index (χ4v) is 5.68. The second kappa shape index (κ2) is 15.3. The zero-order chi connectivity index (χ0) is 23.1. The lowest BCUT2D eigenvalue weighted by Crippen LogP contribution is -2.16. The first-order valence-electron chi connectivity index (χ1n) is 14.3. The number of aromatic nitrogens is 1. The van der Waals surface area contributed by atoms with Crippen molar-refractivity contribution < 1.29 is 0 Å². The molecular weight excluding hydrogens is 398 g/mol. The third kappa shape index (κ3) is 9.63. The van der Waals surface area contributed by atoms with Crippen LogP contribution in [0.2, 0.25) is 0 Å². The van der Waals surface area contributed by atoms with E-state index in [4.69, 9.17) is 4.98 Å². The molecule has 1 aromatic carbocycles. The van der Waals surface area contributed by atoms with Gasteiger partial charge >= 0.3 is 0 Å². The number of benzene rings is 1. The van der Waals surface area contributed by atoms with Crippen LogP contribution < -0.4 is 0 Å². The quantitative estimate of drug-likeness (QED) is 0.247. The molecule has 1 aromatic heterocycles. The second-order valence-corrected chi connectivity index (χ2v) is 10.7. The van der Waals surface area contributed by atoms with E-state index in [-0.39, 0.29) is 0 Å². The molecule has 1 nitrogen and oxygen atoms in total. The highest BCUT2D eigenvalue weighted by Gasteiger charge is 2.21. The van der Waals surface area contributed by atoms with Crippen molar-refractivity contribution in [3.63, 3.8) is 0 Å². The molecule has 1 fully saturated rings. The topological polar surface area (TPSA) is 12.9 Å². The van der Waals surface area contributed by atoms with Crippen LogP contribution in [0, 0.1) is 11.8 Å². The van der Waals surface area contributed by atoms with E-state index in [9.17, 15) is 0 Å². The number of aryl methyl sites for hydroxylation is 2. The first-order valence-corrected chi connectivity index (χ1v) is 14.3. The number of hydrogen-bond donors (Lipinski definition) is 0. The summed E-state index contributed by atoms with van der Waals surface area (Å²) in [5, 5.41) is 0. The first-order chi connectivity index (χ1) is 16.3. The Kier molecular flexibility index (Phi) is 12.1. The van der Waals surface area contributed by atoms with Crippen LogP contribution >= 0.6 is 0 Å². The molecule has 0 aliphatic heterocycles. The molecule has 0 N–H and O–H groups in total. The molecule has 1 aliphatic rings. The molecule has 1 aliphatic carbocycles. The number of nitrogens with zero attached hydrogens (tertiary/aromatic N) is 1. The molecule has 3 rings (SSSR count). The third-order valence-electron chi connectivity index (χ3n) is 7.84. The summed E-state index contributed by atoms with van der Waals surface area (Å²) in [6.07, 6.45) is 25.7. The van der Waals surface area contributed by atoms with Crippen molar-refractivity contribution in [1.82, 2.24) is 4.98 Å². The first kappa shape index (κ1) is 26.0. The predicted molar refractivity (Wildman–Crippen MR) is 145 cm³/mol. The van der Waals surface area contributed by atoms with E-state index in [0.717, 1.165) is 24.0 Å². The minimum atomic E-state index is 0.949. The summed E-state index contributed by atoms with van der Waals surface area (Å²) < 4.78 is 0. The maximum absolute atomic E-state index is 4.73. The molecule has 2 aromatic rings. The summed E-state index contributed by atoms with van der Waals surface area (Å²) in [6.45, 7) is 4.57. The molecule has 33 heavy (non-hydrogen) atoms. The lowest BCUT2D eigenvalue weighted by atomic mass is 9.77. The van der Waals surface area contributed by atoms with Crippen LogP contribution in [0.3, 0.4) is 0 Å². The highest BCUT2D eigenvalue weighted by Crippen LogP contribution is 2.35. The summed E-state index contributed by atoms with van der Waals surface area (Å²) in [5.41, 5.74) is 5.21. The average molecular weight is 448 g/mol. The van der Waals surface area contributed by atoms with E-state index in [1.807, 2.05) is 0 Å². The van der Waals surface area contributed by atoms with Gasteiger partial charge in [-0.15, -0.1) is 0 Å². The van der Waals surface area contributed by atoms with Crippen LogP contribution in [-0.2, 0) is 12.8 Å². The van der Waals surface area contributed by atoms with Crippen LogP contribution in [0.1, 0.15) is 121 Å². The molecule has 182 valence electrons. The third-order valence-corrected chi connectivity index (χ3v) is 7.84. The van der Waals surface area contributed by atoms with Gasteiger partial charge in [0.05, 0.1) is 5.69 Å². The van der Waals surface area contributed by atoms with E-state index < -0.39 is 0 Å². The summed E-state index contributed by atoms with van der Waals surface area (Å²) in [4.78, 5) is 4.73.